The highest BCUT2D eigenvalue weighted by Gasteiger charge is 2.24. The summed E-state index contributed by atoms with van der Waals surface area (Å²) in [5.41, 5.74) is 2.22. The Morgan fingerprint density at radius 2 is 1.88 bits per heavy atom. The molecule has 0 spiro atoms. The van der Waals surface area contributed by atoms with Crippen LogP contribution in [0.1, 0.15) is 16.7 Å². The van der Waals surface area contributed by atoms with Crippen molar-refractivity contribution in [2.24, 2.45) is 4.99 Å². The van der Waals surface area contributed by atoms with E-state index in [1.165, 1.54) is 19.2 Å². The van der Waals surface area contributed by atoms with E-state index in [1.54, 1.807) is 36.4 Å². The highest BCUT2D eigenvalue weighted by molar-refractivity contribution is 14.1. The normalized spacial score (nSPS) is 14.1. The van der Waals surface area contributed by atoms with Crippen LogP contribution in [-0.4, -0.2) is 23.9 Å². The van der Waals surface area contributed by atoms with Crippen LogP contribution in [0.4, 0.5) is 5.69 Å². The summed E-state index contributed by atoms with van der Waals surface area (Å²) in [4.78, 5) is 27.1. The summed E-state index contributed by atoms with van der Waals surface area (Å²) < 4.78 is 17.6. The third-order valence-electron chi connectivity index (χ3n) is 4.72. The van der Waals surface area contributed by atoms with Gasteiger partial charge in [-0.2, -0.15) is 0 Å². The Kier molecular flexibility index (Phi) is 6.68. The van der Waals surface area contributed by atoms with Gasteiger partial charge >= 0.3 is 5.97 Å². The number of halogens is 1. The largest absolute Gasteiger partial charge is 0.493 e. The van der Waals surface area contributed by atoms with Crippen LogP contribution in [0.5, 0.6) is 11.5 Å². The third kappa shape index (κ3) is 5.37. The molecular weight excluding hydrogens is 539 g/mol. The summed E-state index contributed by atoms with van der Waals surface area (Å²) in [5, 5.41) is 10.9. The Bertz CT molecular complexity index is 1280. The van der Waals surface area contributed by atoms with E-state index in [0.29, 0.717) is 22.6 Å². The van der Waals surface area contributed by atoms with Gasteiger partial charge in [-0.25, -0.2) is 9.79 Å². The molecule has 0 amide bonds. The van der Waals surface area contributed by atoms with E-state index < -0.39 is 10.9 Å². The topological polar surface area (TPSA) is 100 Å². The molecule has 0 N–H and O–H groups in total. The highest BCUT2D eigenvalue weighted by Crippen LogP contribution is 2.31. The number of rotatable bonds is 7. The zero-order valence-corrected chi connectivity index (χ0v) is 19.5. The van der Waals surface area contributed by atoms with Crippen LogP contribution in [0.25, 0.3) is 6.08 Å². The monoisotopic (exact) mass is 556 g/mol. The van der Waals surface area contributed by atoms with E-state index in [2.05, 4.69) is 27.6 Å². The van der Waals surface area contributed by atoms with E-state index in [4.69, 9.17) is 14.2 Å². The Hall–Kier alpha value is -3.73. The number of nitro groups is 1. The zero-order chi connectivity index (χ0) is 23.4. The van der Waals surface area contributed by atoms with Crippen LogP contribution in [0.15, 0.2) is 77.4 Å². The van der Waals surface area contributed by atoms with E-state index in [1.807, 2.05) is 24.3 Å². The van der Waals surface area contributed by atoms with Gasteiger partial charge in [-0.1, -0.05) is 18.2 Å². The minimum absolute atomic E-state index is 0.00125. The standard InChI is InChI=1S/C24H17IN2O6/c1-31-22-13-15(5-10-21(22)32-14-16-3-2-4-19(11-16)27(29)30)12-20-24(28)33-23(26-20)17-6-8-18(25)9-7-17/h2-13H,14H2,1H3/b20-12-. The average Bonchev–Trinajstić information content (AvgIpc) is 3.18. The molecule has 0 bridgehead atoms. The zero-order valence-electron chi connectivity index (χ0n) is 17.4. The fourth-order valence-electron chi connectivity index (χ4n) is 3.10. The number of benzene rings is 3. The second kappa shape index (κ2) is 9.82. The van der Waals surface area contributed by atoms with Crippen molar-refractivity contribution in [2.75, 3.05) is 7.11 Å². The molecule has 0 fully saturated rings. The van der Waals surface area contributed by atoms with Crippen molar-refractivity contribution in [1.82, 2.24) is 0 Å². The summed E-state index contributed by atoms with van der Waals surface area (Å²) in [6.45, 7) is 0.133. The summed E-state index contributed by atoms with van der Waals surface area (Å²) >= 11 is 2.20. The maximum atomic E-state index is 12.3. The molecule has 0 aromatic heterocycles. The Morgan fingerprint density at radius 1 is 1.09 bits per heavy atom. The van der Waals surface area contributed by atoms with Gasteiger partial charge < -0.3 is 14.2 Å². The fourth-order valence-corrected chi connectivity index (χ4v) is 3.46. The molecule has 0 aliphatic carbocycles. The lowest BCUT2D eigenvalue weighted by Crippen LogP contribution is -2.05. The van der Waals surface area contributed by atoms with Gasteiger partial charge in [-0.05, 0) is 76.2 Å². The van der Waals surface area contributed by atoms with Crippen LogP contribution in [0, 0.1) is 13.7 Å². The number of cyclic esters (lactones) is 1. The Balaban J connectivity index is 1.52. The Morgan fingerprint density at radius 3 is 2.61 bits per heavy atom. The minimum Gasteiger partial charge on any atom is -0.493 e. The molecule has 4 rings (SSSR count). The molecule has 166 valence electrons. The van der Waals surface area contributed by atoms with Gasteiger partial charge in [0.05, 0.1) is 12.0 Å². The van der Waals surface area contributed by atoms with Crippen LogP contribution < -0.4 is 9.47 Å². The van der Waals surface area contributed by atoms with Crippen molar-refractivity contribution >= 4 is 46.2 Å². The quantitative estimate of drug-likeness (QED) is 0.132. The van der Waals surface area contributed by atoms with Gasteiger partial charge in [0.1, 0.15) is 6.61 Å². The first-order valence-corrected chi connectivity index (χ1v) is 10.8. The number of hydrogen-bond acceptors (Lipinski definition) is 7. The predicted molar refractivity (Wildman–Crippen MR) is 130 cm³/mol. The predicted octanol–water partition coefficient (Wildman–Crippen LogP) is 5.13. The number of carbonyl (C=O) groups excluding carboxylic acids is 1. The number of hydrogen-bond donors (Lipinski definition) is 0. The molecule has 0 saturated carbocycles. The van der Waals surface area contributed by atoms with Gasteiger partial charge in [0.25, 0.3) is 5.69 Å². The Labute approximate surface area is 202 Å². The second-order valence-corrected chi connectivity index (χ2v) is 8.21. The number of nitro benzene ring substituents is 1. The average molecular weight is 556 g/mol. The number of methoxy groups -OCH3 is 1. The first-order valence-electron chi connectivity index (χ1n) is 9.75. The van der Waals surface area contributed by atoms with Crippen molar-refractivity contribution in [3.8, 4) is 11.5 Å². The van der Waals surface area contributed by atoms with Crippen molar-refractivity contribution in [3.05, 3.63) is 103 Å². The summed E-state index contributed by atoms with van der Waals surface area (Å²) in [6, 6.07) is 18.9. The molecule has 1 aliphatic heterocycles. The molecule has 33 heavy (non-hydrogen) atoms. The molecule has 0 atom stereocenters. The number of nitrogens with zero attached hydrogens (tertiary/aromatic N) is 2. The van der Waals surface area contributed by atoms with Crippen LogP contribution in [0.2, 0.25) is 0 Å². The molecule has 0 radical (unpaired) electrons. The maximum Gasteiger partial charge on any atom is 0.363 e. The lowest BCUT2D eigenvalue weighted by Gasteiger charge is -2.11. The van der Waals surface area contributed by atoms with Gasteiger partial charge in [0.2, 0.25) is 5.90 Å². The molecule has 0 unspecified atom stereocenters. The smallest absolute Gasteiger partial charge is 0.363 e. The number of aliphatic imine (C=N–C) groups is 1. The minimum atomic E-state index is -0.534. The molecule has 3 aromatic rings. The number of esters is 1. The molecule has 0 saturated heterocycles. The number of carbonyl (C=O) groups is 1. The molecule has 9 heteroatoms. The molecular formula is C24H17IN2O6. The lowest BCUT2D eigenvalue weighted by atomic mass is 10.1. The lowest BCUT2D eigenvalue weighted by molar-refractivity contribution is -0.384. The van der Waals surface area contributed by atoms with Gasteiger partial charge in [0.15, 0.2) is 17.2 Å². The van der Waals surface area contributed by atoms with Gasteiger partial charge in [0, 0.05) is 21.3 Å². The van der Waals surface area contributed by atoms with Crippen LogP contribution in [-0.2, 0) is 16.1 Å². The second-order valence-electron chi connectivity index (χ2n) is 6.97. The van der Waals surface area contributed by atoms with Gasteiger partial charge in [-0.15, -0.1) is 0 Å². The molecule has 8 nitrogen and oxygen atoms in total. The third-order valence-corrected chi connectivity index (χ3v) is 5.44. The maximum absolute atomic E-state index is 12.3. The SMILES string of the molecule is COc1cc(/C=C2\N=C(c3ccc(I)cc3)OC2=O)ccc1OCc1cccc([N+](=O)[O-])c1. The van der Waals surface area contributed by atoms with E-state index in [-0.39, 0.29) is 23.9 Å². The van der Waals surface area contributed by atoms with Crippen LogP contribution >= 0.6 is 22.6 Å². The van der Waals surface area contributed by atoms with Gasteiger partial charge in [-0.3, -0.25) is 10.1 Å². The van der Waals surface area contributed by atoms with Crippen molar-refractivity contribution in [2.45, 2.75) is 6.61 Å². The van der Waals surface area contributed by atoms with Crippen molar-refractivity contribution in [1.29, 1.82) is 0 Å². The number of ether oxygens (including phenoxy) is 3. The van der Waals surface area contributed by atoms with Crippen LogP contribution in [0.3, 0.4) is 0 Å². The summed E-state index contributed by atoms with van der Waals surface area (Å²) in [6.07, 6.45) is 1.61. The van der Waals surface area contributed by atoms with E-state index in [0.717, 1.165) is 9.13 Å². The first kappa shape index (κ1) is 22.5. The number of non-ortho nitro benzene ring substituents is 1. The first-order chi connectivity index (χ1) is 15.9. The molecule has 1 aliphatic rings. The summed E-state index contributed by atoms with van der Waals surface area (Å²) in [5.74, 6) is 0.631. The fraction of sp³-hybridized carbons (Fsp3) is 0.0833. The highest BCUT2D eigenvalue weighted by atomic mass is 127. The molecule has 1 heterocycles. The van der Waals surface area contributed by atoms with Crippen molar-refractivity contribution < 1.29 is 23.9 Å². The molecule has 3 aromatic carbocycles. The van der Waals surface area contributed by atoms with E-state index >= 15 is 0 Å². The van der Waals surface area contributed by atoms with Crippen molar-refractivity contribution in [3.63, 3.8) is 0 Å². The van der Waals surface area contributed by atoms with E-state index in [9.17, 15) is 14.9 Å². The summed E-state index contributed by atoms with van der Waals surface area (Å²) in [7, 11) is 1.50.